The van der Waals surface area contributed by atoms with E-state index < -0.39 is 0 Å². The van der Waals surface area contributed by atoms with Crippen LogP contribution in [0.2, 0.25) is 0 Å². The van der Waals surface area contributed by atoms with Gasteiger partial charge in [0.15, 0.2) is 5.65 Å². The molecule has 0 unspecified atom stereocenters. The average Bonchev–Trinajstić information content (AvgIpc) is 3.06. The lowest BCUT2D eigenvalue weighted by atomic mass is 10.1. The summed E-state index contributed by atoms with van der Waals surface area (Å²) in [5, 5.41) is 4.36. The highest BCUT2D eigenvalue weighted by Gasteiger charge is 2.19. The molecule has 4 aromatic rings. The number of hydrogen-bond donors (Lipinski definition) is 0. The van der Waals surface area contributed by atoms with Gasteiger partial charge in [-0.3, -0.25) is 14.8 Å². The van der Waals surface area contributed by atoms with Crippen molar-refractivity contribution in [2.24, 2.45) is 0 Å². The van der Waals surface area contributed by atoms with Crippen LogP contribution in [0.15, 0.2) is 61.3 Å². The maximum atomic E-state index is 12.8. The molecular formula is C18H13N5O. The third-order valence-electron chi connectivity index (χ3n) is 3.85. The third-order valence-corrected chi connectivity index (χ3v) is 3.85. The molecule has 0 atom stereocenters. The van der Waals surface area contributed by atoms with Crippen molar-refractivity contribution in [2.75, 3.05) is 0 Å². The van der Waals surface area contributed by atoms with E-state index >= 15 is 0 Å². The predicted octanol–water partition coefficient (Wildman–Crippen LogP) is 2.73. The zero-order valence-corrected chi connectivity index (χ0v) is 12.9. The minimum atomic E-state index is -0.178. The Labute approximate surface area is 137 Å². The number of hydrogen-bond acceptors (Lipinski definition) is 5. The van der Waals surface area contributed by atoms with Gasteiger partial charge in [0, 0.05) is 30.4 Å². The zero-order chi connectivity index (χ0) is 16.5. The minimum absolute atomic E-state index is 0.178. The summed E-state index contributed by atoms with van der Waals surface area (Å²) in [4.78, 5) is 25.4. The molecule has 0 bridgehead atoms. The molecule has 0 radical (unpaired) electrons. The Morgan fingerprint density at radius 1 is 1.00 bits per heavy atom. The van der Waals surface area contributed by atoms with Crippen molar-refractivity contribution < 1.29 is 4.79 Å². The van der Waals surface area contributed by atoms with Crippen molar-refractivity contribution >= 4 is 11.4 Å². The summed E-state index contributed by atoms with van der Waals surface area (Å²) in [6.07, 6.45) is 8.27. The molecule has 4 heterocycles. The van der Waals surface area contributed by atoms with E-state index in [0.29, 0.717) is 16.9 Å². The van der Waals surface area contributed by atoms with E-state index in [2.05, 4.69) is 20.1 Å². The van der Waals surface area contributed by atoms with Crippen LogP contribution in [-0.4, -0.2) is 30.3 Å². The summed E-state index contributed by atoms with van der Waals surface area (Å²) in [6, 6.07) is 9.31. The van der Waals surface area contributed by atoms with E-state index in [9.17, 15) is 4.79 Å². The Morgan fingerprint density at radius 3 is 2.62 bits per heavy atom. The normalized spacial score (nSPS) is 10.9. The lowest BCUT2D eigenvalue weighted by Crippen LogP contribution is -2.07. The third kappa shape index (κ3) is 2.25. The number of nitrogens with zero attached hydrogens (tertiary/aromatic N) is 5. The van der Waals surface area contributed by atoms with Crippen molar-refractivity contribution in [3.8, 4) is 11.3 Å². The molecule has 0 N–H and O–H groups in total. The van der Waals surface area contributed by atoms with Crippen LogP contribution in [-0.2, 0) is 0 Å². The Hall–Kier alpha value is -3.41. The maximum Gasteiger partial charge on any atom is 0.217 e. The maximum absolute atomic E-state index is 12.8. The highest BCUT2D eigenvalue weighted by molar-refractivity contribution is 6.12. The second-order valence-electron chi connectivity index (χ2n) is 5.36. The summed E-state index contributed by atoms with van der Waals surface area (Å²) in [5.74, 6) is -0.178. The topological polar surface area (TPSA) is 73.0 Å². The molecule has 0 fully saturated rings. The number of rotatable bonds is 3. The minimum Gasteiger partial charge on any atom is -0.287 e. The van der Waals surface area contributed by atoms with E-state index in [1.807, 2.05) is 37.3 Å². The second kappa shape index (κ2) is 5.66. The van der Waals surface area contributed by atoms with E-state index in [-0.39, 0.29) is 5.78 Å². The SMILES string of the molecule is Cc1cccnc1C(=O)c1cnn2c(-c3ccncc3)ccnc12. The molecule has 24 heavy (non-hydrogen) atoms. The van der Waals surface area contributed by atoms with Crippen molar-refractivity contribution in [3.63, 3.8) is 0 Å². The van der Waals surface area contributed by atoms with E-state index in [1.54, 1.807) is 35.5 Å². The Bertz CT molecular complexity index is 1040. The van der Waals surface area contributed by atoms with Crippen LogP contribution in [0.25, 0.3) is 16.9 Å². The van der Waals surface area contributed by atoms with Gasteiger partial charge in [-0.15, -0.1) is 0 Å². The number of aromatic nitrogens is 5. The van der Waals surface area contributed by atoms with Gasteiger partial charge in [-0.1, -0.05) is 6.07 Å². The van der Waals surface area contributed by atoms with Gasteiger partial charge in [0.05, 0.1) is 17.5 Å². The molecule has 0 aliphatic rings. The molecule has 0 saturated heterocycles. The van der Waals surface area contributed by atoms with Gasteiger partial charge >= 0.3 is 0 Å². The van der Waals surface area contributed by atoms with Crippen molar-refractivity contribution in [1.82, 2.24) is 24.6 Å². The smallest absolute Gasteiger partial charge is 0.217 e. The van der Waals surface area contributed by atoms with Gasteiger partial charge in [-0.2, -0.15) is 5.10 Å². The summed E-state index contributed by atoms with van der Waals surface area (Å²) in [6.45, 7) is 1.86. The van der Waals surface area contributed by atoms with E-state index in [4.69, 9.17) is 0 Å². The van der Waals surface area contributed by atoms with Crippen LogP contribution in [0, 0.1) is 6.92 Å². The van der Waals surface area contributed by atoms with Gasteiger partial charge in [-0.25, -0.2) is 9.50 Å². The van der Waals surface area contributed by atoms with Crippen molar-refractivity contribution in [2.45, 2.75) is 6.92 Å². The van der Waals surface area contributed by atoms with Crippen LogP contribution in [0.4, 0.5) is 0 Å². The largest absolute Gasteiger partial charge is 0.287 e. The molecule has 6 nitrogen and oxygen atoms in total. The molecule has 0 aliphatic heterocycles. The van der Waals surface area contributed by atoms with Crippen LogP contribution in [0.1, 0.15) is 21.6 Å². The van der Waals surface area contributed by atoms with Gasteiger partial charge in [0.1, 0.15) is 5.69 Å². The van der Waals surface area contributed by atoms with E-state index in [1.165, 1.54) is 0 Å². The van der Waals surface area contributed by atoms with Crippen LogP contribution in [0.3, 0.4) is 0 Å². The number of carbonyl (C=O) groups excluding carboxylic acids is 1. The van der Waals surface area contributed by atoms with Crippen LogP contribution < -0.4 is 0 Å². The number of ketones is 1. The zero-order valence-electron chi connectivity index (χ0n) is 12.9. The van der Waals surface area contributed by atoms with Gasteiger partial charge in [-0.05, 0) is 36.8 Å². The fraction of sp³-hybridized carbons (Fsp3) is 0.0556. The summed E-state index contributed by atoms with van der Waals surface area (Å²) < 4.78 is 1.67. The first-order valence-electron chi connectivity index (χ1n) is 7.45. The summed E-state index contributed by atoms with van der Waals surface area (Å²) in [5.41, 5.74) is 4.00. The monoisotopic (exact) mass is 315 g/mol. The van der Waals surface area contributed by atoms with Crippen LogP contribution in [0.5, 0.6) is 0 Å². The van der Waals surface area contributed by atoms with Crippen molar-refractivity contribution in [3.05, 3.63) is 78.1 Å². The fourth-order valence-electron chi connectivity index (χ4n) is 2.64. The molecule has 4 aromatic heterocycles. The van der Waals surface area contributed by atoms with Crippen LogP contribution >= 0.6 is 0 Å². The number of carbonyl (C=O) groups is 1. The first kappa shape index (κ1) is 14.2. The molecule has 116 valence electrons. The summed E-state index contributed by atoms with van der Waals surface area (Å²) >= 11 is 0. The Morgan fingerprint density at radius 2 is 1.83 bits per heavy atom. The molecule has 0 aliphatic carbocycles. The number of aryl methyl sites for hydroxylation is 1. The quantitative estimate of drug-likeness (QED) is 0.544. The second-order valence-corrected chi connectivity index (χ2v) is 5.36. The lowest BCUT2D eigenvalue weighted by Gasteiger charge is -2.05. The lowest BCUT2D eigenvalue weighted by molar-refractivity contribution is 0.103. The van der Waals surface area contributed by atoms with E-state index in [0.717, 1.165) is 16.8 Å². The Kier molecular flexibility index (Phi) is 3.35. The average molecular weight is 315 g/mol. The molecule has 0 saturated carbocycles. The predicted molar refractivity (Wildman–Crippen MR) is 88.6 cm³/mol. The van der Waals surface area contributed by atoms with Gasteiger partial charge in [0.2, 0.25) is 5.78 Å². The van der Waals surface area contributed by atoms with Crippen molar-refractivity contribution in [1.29, 1.82) is 0 Å². The standard InChI is InChI=1S/C18H13N5O/c1-12-3-2-7-20-16(12)17(24)14-11-22-23-15(6-10-21-18(14)23)13-4-8-19-9-5-13/h2-11H,1H3. The molecule has 4 rings (SSSR count). The van der Waals surface area contributed by atoms with Gasteiger partial charge < -0.3 is 0 Å². The number of pyridine rings is 2. The summed E-state index contributed by atoms with van der Waals surface area (Å²) in [7, 11) is 0. The molecular weight excluding hydrogens is 302 g/mol. The first-order valence-corrected chi connectivity index (χ1v) is 7.45. The highest BCUT2D eigenvalue weighted by atomic mass is 16.1. The molecule has 0 amide bonds. The van der Waals surface area contributed by atoms with Gasteiger partial charge in [0.25, 0.3) is 0 Å². The first-order chi connectivity index (χ1) is 11.8. The Balaban J connectivity index is 1.88. The molecule has 6 heteroatoms. The fourth-order valence-corrected chi connectivity index (χ4v) is 2.64. The number of fused-ring (bicyclic) bond motifs is 1. The highest BCUT2D eigenvalue weighted by Crippen LogP contribution is 2.21. The molecule has 0 spiro atoms. The molecule has 0 aromatic carbocycles.